The highest BCUT2D eigenvalue weighted by Gasteiger charge is 2.33. The molecule has 1 aliphatic heterocycles. The Morgan fingerprint density at radius 3 is 2.16 bits per heavy atom. The zero-order chi connectivity index (χ0) is 14.2. The molecule has 0 radical (unpaired) electrons. The summed E-state index contributed by atoms with van der Waals surface area (Å²) >= 11 is 0. The van der Waals surface area contributed by atoms with E-state index in [2.05, 4.69) is 0 Å². The lowest BCUT2D eigenvalue weighted by atomic mass is 9.88. The van der Waals surface area contributed by atoms with Crippen LogP contribution >= 0.6 is 0 Å². The number of imide groups is 1. The van der Waals surface area contributed by atoms with E-state index in [0.29, 0.717) is 6.07 Å². The minimum absolute atomic E-state index is 0.00975. The number of hydrogen-bond donors (Lipinski definition) is 1. The lowest BCUT2D eigenvalue weighted by Crippen LogP contribution is -2.37. The van der Waals surface area contributed by atoms with Crippen molar-refractivity contribution in [1.82, 2.24) is 5.32 Å². The van der Waals surface area contributed by atoms with E-state index in [1.807, 2.05) is 5.32 Å². The number of hydrogen-bond acceptors (Lipinski definition) is 2. The Hall–Kier alpha value is -1.92. The normalized spacial score (nSPS) is 17.5. The van der Waals surface area contributed by atoms with Crippen molar-refractivity contribution in [3.8, 4) is 0 Å². The molecular weight excluding hydrogens is 266 g/mol. The molecule has 7 heteroatoms. The monoisotopic (exact) mass is 275 g/mol. The molecule has 0 unspecified atom stereocenters. The minimum Gasteiger partial charge on any atom is -0.296 e. The van der Waals surface area contributed by atoms with Gasteiger partial charge in [0.1, 0.15) is 5.82 Å². The predicted octanol–water partition coefficient (Wildman–Crippen LogP) is 2.36. The fourth-order valence-electron chi connectivity index (χ4n) is 2.02. The van der Waals surface area contributed by atoms with Crippen LogP contribution in [0, 0.1) is 5.82 Å². The Bertz CT molecular complexity index is 523. The summed E-state index contributed by atoms with van der Waals surface area (Å²) in [5, 5.41) is 2.04. The Balaban J connectivity index is 2.37. The van der Waals surface area contributed by atoms with Gasteiger partial charge in [0.05, 0.1) is 5.56 Å². The molecule has 0 aliphatic carbocycles. The molecule has 0 aromatic heterocycles. The zero-order valence-corrected chi connectivity index (χ0v) is 9.55. The highest BCUT2D eigenvalue weighted by Crippen LogP contribution is 2.34. The van der Waals surface area contributed by atoms with Gasteiger partial charge >= 0.3 is 6.18 Å². The third-order valence-corrected chi connectivity index (χ3v) is 2.86. The van der Waals surface area contributed by atoms with Gasteiger partial charge in [-0.2, -0.15) is 13.2 Å². The van der Waals surface area contributed by atoms with Crippen LogP contribution in [0.5, 0.6) is 0 Å². The maximum atomic E-state index is 13.2. The van der Waals surface area contributed by atoms with Crippen molar-refractivity contribution in [2.75, 3.05) is 0 Å². The molecule has 0 saturated carbocycles. The second-order valence-electron chi connectivity index (χ2n) is 4.35. The molecule has 0 atom stereocenters. The first-order valence-electron chi connectivity index (χ1n) is 5.46. The Kier molecular flexibility index (Phi) is 3.30. The first kappa shape index (κ1) is 13.5. The SMILES string of the molecule is O=C1CC(c2cc(F)cc(C(F)(F)F)c2)CC(=O)N1. The maximum absolute atomic E-state index is 13.2. The highest BCUT2D eigenvalue weighted by molar-refractivity contribution is 5.98. The van der Waals surface area contributed by atoms with Crippen LogP contribution in [0.2, 0.25) is 0 Å². The average molecular weight is 275 g/mol. The number of benzene rings is 1. The zero-order valence-electron chi connectivity index (χ0n) is 9.55. The van der Waals surface area contributed by atoms with Gasteiger partial charge in [-0.1, -0.05) is 0 Å². The van der Waals surface area contributed by atoms with Gasteiger partial charge < -0.3 is 0 Å². The highest BCUT2D eigenvalue weighted by atomic mass is 19.4. The van der Waals surface area contributed by atoms with Crippen molar-refractivity contribution < 1.29 is 27.2 Å². The van der Waals surface area contributed by atoms with Crippen LogP contribution in [0.25, 0.3) is 0 Å². The molecule has 1 fully saturated rings. The Labute approximate surface area is 105 Å². The predicted molar refractivity (Wildman–Crippen MR) is 56.5 cm³/mol. The molecule has 0 bridgehead atoms. The van der Waals surface area contributed by atoms with Crippen LogP contribution in [0.1, 0.15) is 29.9 Å². The summed E-state index contributed by atoms with van der Waals surface area (Å²) in [7, 11) is 0. The van der Waals surface area contributed by atoms with Gasteiger partial charge in [-0.3, -0.25) is 14.9 Å². The van der Waals surface area contributed by atoms with E-state index in [1.54, 1.807) is 0 Å². The van der Waals surface area contributed by atoms with Crippen molar-refractivity contribution >= 4 is 11.8 Å². The Morgan fingerprint density at radius 2 is 1.63 bits per heavy atom. The summed E-state index contributed by atoms with van der Waals surface area (Å²) in [4.78, 5) is 22.4. The fourth-order valence-corrected chi connectivity index (χ4v) is 2.02. The third kappa shape index (κ3) is 3.10. The smallest absolute Gasteiger partial charge is 0.296 e. The largest absolute Gasteiger partial charge is 0.416 e. The molecule has 3 nitrogen and oxygen atoms in total. The van der Waals surface area contributed by atoms with Crippen LogP contribution in [0.3, 0.4) is 0 Å². The van der Waals surface area contributed by atoms with Crippen molar-refractivity contribution in [2.45, 2.75) is 24.9 Å². The molecule has 2 rings (SSSR count). The van der Waals surface area contributed by atoms with Gasteiger partial charge in [-0.05, 0) is 23.8 Å². The van der Waals surface area contributed by atoms with E-state index >= 15 is 0 Å². The van der Waals surface area contributed by atoms with E-state index in [-0.39, 0.29) is 18.4 Å². The summed E-state index contributed by atoms with van der Waals surface area (Å²) in [6.07, 6.45) is -4.93. The Morgan fingerprint density at radius 1 is 1.05 bits per heavy atom. The van der Waals surface area contributed by atoms with E-state index < -0.39 is 35.3 Å². The second kappa shape index (κ2) is 4.64. The summed E-state index contributed by atoms with van der Waals surface area (Å²) in [6, 6.07) is 2.08. The number of carbonyl (C=O) groups excluding carboxylic acids is 2. The first-order chi connectivity index (χ1) is 8.75. The molecule has 1 aromatic carbocycles. The maximum Gasteiger partial charge on any atom is 0.416 e. The molecular formula is C12H9F4NO2. The van der Waals surface area contributed by atoms with Crippen LogP contribution in [0.15, 0.2) is 18.2 Å². The molecule has 0 spiro atoms. The molecule has 19 heavy (non-hydrogen) atoms. The summed E-state index contributed by atoms with van der Waals surface area (Å²) in [5.41, 5.74) is -1.11. The molecule has 1 aromatic rings. The van der Waals surface area contributed by atoms with Gasteiger partial charge in [0, 0.05) is 18.8 Å². The van der Waals surface area contributed by atoms with Gasteiger partial charge in [-0.15, -0.1) is 0 Å². The van der Waals surface area contributed by atoms with Crippen LogP contribution in [0.4, 0.5) is 17.6 Å². The topological polar surface area (TPSA) is 46.2 Å². The summed E-state index contributed by atoms with van der Waals surface area (Å²) < 4.78 is 50.9. The third-order valence-electron chi connectivity index (χ3n) is 2.86. The molecule has 1 heterocycles. The minimum atomic E-state index is -4.67. The quantitative estimate of drug-likeness (QED) is 0.631. The second-order valence-corrected chi connectivity index (χ2v) is 4.35. The number of amides is 2. The van der Waals surface area contributed by atoms with Gasteiger partial charge in [0.2, 0.25) is 11.8 Å². The van der Waals surface area contributed by atoms with E-state index in [9.17, 15) is 27.2 Å². The average Bonchev–Trinajstić information content (AvgIpc) is 2.25. The van der Waals surface area contributed by atoms with Crippen LogP contribution in [-0.2, 0) is 15.8 Å². The molecule has 2 amide bonds. The molecule has 102 valence electrons. The van der Waals surface area contributed by atoms with E-state index in [1.165, 1.54) is 0 Å². The van der Waals surface area contributed by atoms with Gasteiger partial charge in [0.15, 0.2) is 0 Å². The summed E-state index contributed by atoms with van der Waals surface area (Å²) in [5.74, 6) is -2.90. The lowest BCUT2D eigenvalue weighted by Gasteiger charge is -2.22. The number of alkyl halides is 3. The van der Waals surface area contributed by atoms with Gasteiger partial charge in [-0.25, -0.2) is 4.39 Å². The standard InChI is InChI=1S/C12H9F4NO2/c13-9-2-6(1-8(5-9)12(14,15)16)7-3-10(18)17-11(19)4-7/h1-2,5,7H,3-4H2,(H,17,18,19). The van der Waals surface area contributed by atoms with E-state index in [4.69, 9.17) is 0 Å². The summed E-state index contributed by atoms with van der Waals surface area (Å²) in [6.45, 7) is 0. The number of piperidine rings is 1. The number of rotatable bonds is 1. The van der Waals surface area contributed by atoms with Crippen LogP contribution < -0.4 is 5.32 Å². The molecule has 1 aliphatic rings. The molecule has 1 N–H and O–H groups in total. The van der Waals surface area contributed by atoms with Crippen molar-refractivity contribution in [2.24, 2.45) is 0 Å². The van der Waals surface area contributed by atoms with Crippen LogP contribution in [-0.4, -0.2) is 11.8 Å². The first-order valence-corrected chi connectivity index (χ1v) is 5.46. The molecule has 1 saturated heterocycles. The van der Waals surface area contributed by atoms with Crippen molar-refractivity contribution in [1.29, 1.82) is 0 Å². The van der Waals surface area contributed by atoms with E-state index in [0.717, 1.165) is 12.1 Å². The fraction of sp³-hybridized carbons (Fsp3) is 0.333. The lowest BCUT2D eigenvalue weighted by molar-refractivity contribution is -0.137. The van der Waals surface area contributed by atoms with Crippen molar-refractivity contribution in [3.63, 3.8) is 0 Å². The van der Waals surface area contributed by atoms with Crippen molar-refractivity contribution in [3.05, 3.63) is 35.1 Å². The number of carbonyl (C=O) groups is 2. The number of halogens is 4. The number of nitrogens with one attached hydrogen (secondary N) is 1. The van der Waals surface area contributed by atoms with Gasteiger partial charge in [0.25, 0.3) is 0 Å².